The van der Waals surface area contributed by atoms with Gasteiger partial charge < -0.3 is 4.52 Å². The first-order valence-electron chi connectivity index (χ1n) is 9.03. The molecule has 0 radical (unpaired) electrons. The Labute approximate surface area is 160 Å². The summed E-state index contributed by atoms with van der Waals surface area (Å²) in [5, 5.41) is 12.1. The smallest absolute Gasteiger partial charge is 0.338 e. The van der Waals surface area contributed by atoms with Gasteiger partial charge in [-0.25, -0.2) is 14.4 Å². The molecule has 142 valence electrons. The van der Waals surface area contributed by atoms with Crippen molar-refractivity contribution in [3.8, 4) is 0 Å². The van der Waals surface area contributed by atoms with Crippen LogP contribution in [0, 0.1) is 20.8 Å². The van der Waals surface area contributed by atoms with Crippen molar-refractivity contribution in [1.82, 2.24) is 20.2 Å². The SMILES string of the molecule is Cc1cc(Cn2nnc(N3C(=O)C4Cc5c(C)cccc5N4C3=O)c2C)on1. The zero-order valence-corrected chi connectivity index (χ0v) is 15.7. The third-order valence-corrected chi connectivity index (χ3v) is 5.41. The van der Waals surface area contributed by atoms with Crippen molar-refractivity contribution in [2.24, 2.45) is 0 Å². The number of anilines is 2. The highest BCUT2D eigenvalue weighted by atomic mass is 16.5. The standard InChI is InChI=1S/C19H18N6O3/c1-10-5-4-6-15-14(10)8-16-18(26)25(19(27)24(15)16)17-12(3)23(22-20-17)9-13-7-11(2)21-28-13/h4-7,16H,8-9H2,1-3H3. The van der Waals surface area contributed by atoms with Gasteiger partial charge >= 0.3 is 6.03 Å². The number of amides is 3. The molecule has 1 fully saturated rings. The van der Waals surface area contributed by atoms with Crippen LogP contribution in [0.2, 0.25) is 0 Å². The Morgan fingerprint density at radius 3 is 2.79 bits per heavy atom. The third-order valence-electron chi connectivity index (χ3n) is 5.41. The number of rotatable bonds is 3. The van der Waals surface area contributed by atoms with E-state index in [4.69, 9.17) is 4.52 Å². The molecular weight excluding hydrogens is 360 g/mol. The van der Waals surface area contributed by atoms with Crippen molar-refractivity contribution >= 4 is 23.4 Å². The second-order valence-corrected chi connectivity index (χ2v) is 7.21. The molecule has 0 spiro atoms. The Morgan fingerprint density at radius 2 is 2.04 bits per heavy atom. The number of urea groups is 1. The van der Waals surface area contributed by atoms with Gasteiger partial charge in [0.1, 0.15) is 12.6 Å². The summed E-state index contributed by atoms with van der Waals surface area (Å²) >= 11 is 0. The minimum absolute atomic E-state index is 0.259. The maximum absolute atomic E-state index is 13.1. The number of benzene rings is 1. The minimum Gasteiger partial charge on any atom is -0.359 e. The summed E-state index contributed by atoms with van der Waals surface area (Å²) in [5.41, 5.74) is 4.32. The zero-order chi connectivity index (χ0) is 19.6. The van der Waals surface area contributed by atoms with Crippen LogP contribution in [0.5, 0.6) is 0 Å². The number of imide groups is 1. The van der Waals surface area contributed by atoms with E-state index in [-0.39, 0.29) is 17.8 Å². The molecule has 2 aliphatic heterocycles. The Bertz CT molecular complexity index is 1130. The van der Waals surface area contributed by atoms with E-state index in [1.54, 1.807) is 16.5 Å². The molecule has 5 rings (SSSR count). The lowest BCUT2D eigenvalue weighted by Crippen LogP contribution is -2.34. The molecule has 4 heterocycles. The third kappa shape index (κ3) is 2.22. The summed E-state index contributed by atoms with van der Waals surface area (Å²) in [6.45, 7) is 5.93. The van der Waals surface area contributed by atoms with Gasteiger partial charge in [0.25, 0.3) is 5.91 Å². The fourth-order valence-electron chi connectivity index (χ4n) is 3.96. The number of carbonyl (C=O) groups is 2. The monoisotopic (exact) mass is 378 g/mol. The zero-order valence-electron chi connectivity index (χ0n) is 15.7. The maximum atomic E-state index is 13.1. The number of hydrogen-bond donors (Lipinski definition) is 0. The highest BCUT2D eigenvalue weighted by molar-refractivity contribution is 6.29. The molecule has 0 N–H and O–H groups in total. The fraction of sp³-hybridized carbons (Fsp3) is 0.316. The Balaban J connectivity index is 1.48. The van der Waals surface area contributed by atoms with Gasteiger partial charge in [-0.1, -0.05) is 22.5 Å². The Hall–Kier alpha value is -3.49. The first-order chi connectivity index (χ1) is 13.5. The van der Waals surface area contributed by atoms with E-state index >= 15 is 0 Å². The number of aromatic nitrogens is 4. The molecule has 1 saturated heterocycles. The summed E-state index contributed by atoms with van der Waals surface area (Å²) in [5.74, 6) is 0.613. The molecule has 9 heteroatoms. The lowest BCUT2D eigenvalue weighted by molar-refractivity contribution is -0.117. The summed E-state index contributed by atoms with van der Waals surface area (Å²) in [6.07, 6.45) is 0.521. The number of nitrogens with zero attached hydrogens (tertiary/aromatic N) is 6. The van der Waals surface area contributed by atoms with Crippen LogP contribution < -0.4 is 9.80 Å². The summed E-state index contributed by atoms with van der Waals surface area (Å²) in [4.78, 5) is 28.9. The molecule has 28 heavy (non-hydrogen) atoms. The van der Waals surface area contributed by atoms with Crippen LogP contribution >= 0.6 is 0 Å². The predicted molar refractivity (Wildman–Crippen MR) is 99.1 cm³/mol. The average molecular weight is 378 g/mol. The van der Waals surface area contributed by atoms with Gasteiger partial charge in [0.15, 0.2) is 11.6 Å². The highest BCUT2D eigenvalue weighted by Crippen LogP contribution is 2.40. The number of carbonyl (C=O) groups excluding carboxylic acids is 2. The lowest BCUT2D eigenvalue weighted by Gasteiger charge is -2.16. The topological polar surface area (TPSA) is 97.4 Å². The number of fused-ring (bicyclic) bond motifs is 3. The summed E-state index contributed by atoms with van der Waals surface area (Å²) in [7, 11) is 0. The van der Waals surface area contributed by atoms with Crippen LogP contribution in [0.15, 0.2) is 28.8 Å². The van der Waals surface area contributed by atoms with E-state index in [9.17, 15) is 9.59 Å². The lowest BCUT2D eigenvalue weighted by atomic mass is 10.0. The van der Waals surface area contributed by atoms with Crippen molar-refractivity contribution in [2.45, 2.75) is 39.8 Å². The molecule has 1 atom stereocenters. The quantitative estimate of drug-likeness (QED) is 0.648. The van der Waals surface area contributed by atoms with Crippen molar-refractivity contribution in [2.75, 3.05) is 9.80 Å². The van der Waals surface area contributed by atoms with E-state index in [0.29, 0.717) is 24.4 Å². The first-order valence-corrected chi connectivity index (χ1v) is 9.03. The van der Waals surface area contributed by atoms with Crippen LogP contribution in [-0.4, -0.2) is 38.1 Å². The Morgan fingerprint density at radius 1 is 1.21 bits per heavy atom. The van der Waals surface area contributed by atoms with Crippen molar-refractivity contribution in [1.29, 1.82) is 0 Å². The van der Waals surface area contributed by atoms with Crippen LogP contribution in [-0.2, 0) is 17.8 Å². The molecule has 1 aromatic carbocycles. The van der Waals surface area contributed by atoms with Gasteiger partial charge in [0, 0.05) is 18.2 Å². The number of aryl methyl sites for hydroxylation is 2. The molecule has 3 amide bonds. The number of hydrogen-bond acceptors (Lipinski definition) is 6. The van der Waals surface area contributed by atoms with Gasteiger partial charge in [-0.05, 0) is 38.0 Å². The second-order valence-electron chi connectivity index (χ2n) is 7.21. The second kappa shape index (κ2) is 5.75. The van der Waals surface area contributed by atoms with E-state index in [2.05, 4.69) is 15.5 Å². The molecule has 1 unspecified atom stereocenters. The average Bonchev–Trinajstić information content (AvgIpc) is 3.39. The highest BCUT2D eigenvalue weighted by Gasteiger charge is 2.52. The Kier molecular flexibility index (Phi) is 3.42. The van der Waals surface area contributed by atoms with Crippen LogP contribution in [0.3, 0.4) is 0 Å². The minimum atomic E-state index is -0.523. The largest absolute Gasteiger partial charge is 0.359 e. The van der Waals surface area contributed by atoms with Gasteiger partial charge in [0.05, 0.1) is 11.4 Å². The van der Waals surface area contributed by atoms with Gasteiger partial charge in [-0.3, -0.25) is 9.69 Å². The van der Waals surface area contributed by atoms with E-state index in [1.165, 1.54) is 0 Å². The van der Waals surface area contributed by atoms with Gasteiger partial charge in [-0.15, -0.1) is 5.10 Å². The van der Waals surface area contributed by atoms with E-state index < -0.39 is 6.04 Å². The summed E-state index contributed by atoms with van der Waals surface area (Å²) in [6, 6.07) is 6.68. The van der Waals surface area contributed by atoms with Crippen LogP contribution in [0.4, 0.5) is 16.3 Å². The molecule has 2 aromatic heterocycles. The van der Waals surface area contributed by atoms with Gasteiger partial charge in [0.2, 0.25) is 0 Å². The van der Waals surface area contributed by atoms with Crippen LogP contribution in [0.1, 0.15) is 28.3 Å². The van der Waals surface area contributed by atoms with E-state index in [1.807, 2.05) is 38.1 Å². The molecule has 0 aliphatic carbocycles. The van der Waals surface area contributed by atoms with Crippen molar-refractivity contribution in [3.05, 3.63) is 52.5 Å². The molecular formula is C19H18N6O3. The molecule has 2 aliphatic rings. The summed E-state index contributed by atoms with van der Waals surface area (Å²) < 4.78 is 6.81. The predicted octanol–water partition coefficient (Wildman–Crippen LogP) is 2.14. The molecule has 3 aromatic rings. The molecule has 9 nitrogen and oxygen atoms in total. The molecule has 0 saturated carbocycles. The molecule has 0 bridgehead atoms. The van der Waals surface area contributed by atoms with E-state index in [0.717, 1.165) is 27.4 Å². The fourth-order valence-corrected chi connectivity index (χ4v) is 3.96. The normalized spacial score (nSPS) is 18.2. The van der Waals surface area contributed by atoms with Crippen LogP contribution in [0.25, 0.3) is 0 Å². The first kappa shape index (κ1) is 16.7. The van der Waals surface area contributed by atoms with Crippen molar-refractivity contribution < 1.29 is 14.1 Å². The van der Waals surface area contributed by atoms with Gasteiger partial charge in [-0.2, -0.15) is 0 Å². The maximum Gasteiger partial charge on any atom is 0.338 e. The van der Waals surface area contributed by atoms with Crippen molar-refractivity contribution in [3.63, 3.8) is 0 Å².